The van der Waals surface area contributed by atoms with Crippen LogP contribution < -0.4 is 0 Å². The Labute approximate surface area is 137 Å². The van der Waals surface area contributed by atoms with Crippen LogP contribution in [0.1, 0.15) is 22.3 Å². The minimum Gasteiger partial charge on any atom is -0.364 e. The Kier molecular flexibility index (Phi) is 4.40. The van der Waals surface area contributed by atoms with Crippen molar-refractivity contribution < 1.29 is 4.74 Å². The van der Waals surface area contributed by atoms with Crippen LogP contribution in [-0.2, 0) is 10.3 Å². The van der Waals surface area contributed by atoms with Gasteiger partial charge in [0.2, 0.25) is 0 Å². The summed E-state index contributed by atoms with van der Waals surface area (Å²) in [6, 6.07) is 29.0. The maximum absolute atomic E-state index is 6.14. The van der Waals surface area contributed by atoms with Crippen molar-refractivity contribution in [1.29, 1.82) is 0 Å². The van der Waals surface area contributed by atoms with Crippen molar-refractivity contribution in [3.63, 3.8) is 0 Å². The molecule has 3 aromatic carbocycles. The molecule has 0 fully saturated rings. The van der Waals surface area contributed by atoms with E-state index < -0.39 is 5.60 Å². The van der Waals surface area contributed by atoms with E-state index in [1.807, 2.05) is 42.5 Å². The minimum absolute atomic E-state index is 0.623. The lowest BCUT2D eigenvalue weighted by molar-refractivity contribution is 0.0585. The molecule has 3 aromatic rings. The predicted octanol–water partition coefficient (Wildman–Crippen LogP) is 5.27. The lowest BCUT2D eigenvalue weighted by Crippen LogP contribution is -2.31. The standard InChI is InChI=1S/C22H20O/c1-3-18-14-16-21(17-15-18)22(23-2,19-10-6-4-7-11-19)20-12-8-5-9-13-20/h3-17H,1H2,2H3. The van der Waals surface area contributed by atoms with Gasteiger partial charge in [-0.3, -0.25) is 0 Å². The summed E-state index contributed by atoms with van der Waals surface area (Å²) < 4.78 is 6.14. The van der Waals surface area contributed by atoms with Gasteiger partial charge in [0.1, 0.15) is 5.60 Å². The lowest BCUT2D eigenvalue weighted by atomic mass is 9.80. The molecule has 0 radical (unpaired) electrons. The molecule has 0 saturated carbocycles. The van der Waals surface area contributed by atoms with E-state index in [0.29, 0.717) is 0 Å². The maximum atomic E-state index is 6.14. The fourth-order valence-corrected chi connectivity index (χ4v) is 3.05. The summed E-state index contributed by atoms with van der Waals surface area (Å²) in [4.78, 5) is 0. The predicted molar refractivity (Wildman–Crippen MR) is 96.3 cm³/mol. The molecule has 0 aliphatic rings. The molecular weight excluding hydrogens is 280 g/mol. The van der Waals surface area contributed by atoms with Crippen LogP contribution in [-0.4, -0.2) is 7.11 Å². The molecule has 0 aliphatic heterocycles. The van der Waals surface area contributed by atoms with E-state index in [1.54, 1.807) is 7.11 Å². The van der Waals surface area contributed by atoms with Crippen molar-refractivity contribution in [2.24, 2.45) is 0 Å². The number of benzene rings is 3. The normalized spacial score (nSPS) is 11.2. The van der Waals surface area contributed by atoms with Crippen molar-refractivity contribution in [2.45, 2.75) is 5.60 Å². The summed E-state index contributed by atoms with van der Waals surface area (Å²) in [5, 5.41) is 0. The van der Waals surface area contributed by atoms with Crippen LogP contribution >= 0.6 is 0 Å². The first-order valence-corrected chi connectivity index (χ1v) is 7.70. The van der Waals surface area contributed by atoms with E-state index in [0.717, 1.165) is 22.3 Å². The molecule has 3 rings (SSSR count). The second-order valence-corrected chi connectivity index (χ2v) is 5.44. The minimum atomic E-state index is -0.623. The lowest BCUT2D eigenvalue weighted by Gasteiger charge is -2.34. The Hall–Kier alpha value is -2.64. The van der Waals surface area contributed by atoms with Crippen LogP contribution in [0, 0.1) is 0 Å². The zero-order valence-corrected chi connectivity index (χ0v) is 13.3. The molecule has 23 heavy (non-hydrogen) atoms. The number of hydrogen-bond acceptors (Lipinski definition) is 1. The third-order valence-electron chi connectivity index (χ3n) is 4.22. The molecule has 0 bridgehead atoms. The van der Waals surface area contributed by atoms with Crippen LogP contribution in [0.2, 0.25) is 0 Å². The molecule has 1 heteroatoms. The van der Waals surface area contributed by atoms with E-state index in [1.165, 1.54) is 0 Å². The number of ether oxygens (including phenoxy) is 1. The monoisotopic (exact) mass is 300 g/mol. The maximum Gasteiger partial charge on any atom is 0.143 e. The number of methoxy groups -OCH3 is 1. The van der Waals surface area contributed by atoms with Gasteiger partial charge in [-0.15, -0.1) is 0 Å². The molecule has 0 N–H and O–H groups in total. The molecule has 0 aromatic heterocycles. The Morgan fingerprint density at radius 3 is 1.52 bits per heavy atom. The van der Waals surface area contributed by atoms with Gasteiger partial charge in [0.25, 0.3) is 0 Å². The summed E-state index contributed by atoms with van der Waals surface area (Å²) in [6.45, 7) is 3.83. The third-order valence-corrected chi connectivity index (χ3v) is 4.22. The summed E-state index contributed by atoms with van der Waals surface area (Å²) in [7, 11) is 1.77. The average Bonchev–Trinajstić information content (AvgIpc) is 2.65. The van der Waals surface area contributed by atoms with Gasteiger partial charge >= 0.3 is 0 Å². The molecule has 0 heterocycles. The molecule has 0 atom stereocenters. The van der Waals surface area contributed by atoms with Gasteiger partial charge in [-0.25, -0.2) is 0 Å². The Bertz CT molecular complexity index is 719. The van der Waals surface area contributed by atoms with E-state index in [9.17, 15) is 0 Å². The van der Waals surface area contributed by atoms with E-state index in [-0.39, 0.29) is 0 Å². The molecule has 114 valence electrons. The Morgan fingerprint density at radius 2 is 1.13 bits per heavy atom. The Morgan fingerprint density at radius 1 is 0.696 bits per heavy atom. The van der Waals surface area contributed by atoms with Crippen LogP contribution in [0.3, 0.4) is 0 Å². The number of rotatable bonds is 5. The highest BCUT2D eigenvalue weighted by atomic mass is 16.5. The third kappa shape index (κ3) is 2.71. The van der Waals surface area contributed by atoms with Crippen LogP contribution in [0.4, 0.5) is 0 Å². The van der Waals surface area contributed by atoms with Gasteiger partial charge < -0.3 is 4.74 Å². The molecule has 0 unspecified atom stereocenters. The fourth-order valence-electron chi connectivity index (χ4n) is 3.05. The zero-order chi connectivity index (χ0) is 16.1. The van der Waals surface area contributed by atoms with Crippen molar-refractivity contribution >= 4 is 6.08 Å². The molecule has 0 amide bonds. The quantitative estimate of drug-likeness (QED) is 0.583. The second-order valence-electron chi connectivity index (χ2n) is 5.44. The summed E-state index contributed by atoms with van der Waals surface area (Å²) in [6.07, 6.45) is 1.85. The summed E-state index contributed by atoms with van der Waals surface area (Å²) in [5.41, 5.74) is 3.80. The summed E-state index contributed by atoms with van der Waals surface area (Å²) in [5.74, 6) is 0. The highest BCUT2D eigenvalue weighted by molar-refractivity contribution is 5.52. The van der Waals surface area contributed by atoms with Crippen LogP contribution in [0.5, 0.6) is 0 Å². The molecule has 0 saturated heterocycles. The molecule has 0 spiro atoms. The average molecular weight is 300 g/mol. The van der Waals surface area contributed by atoms with Gasteiger partial charge in [0.15, 0.2) is 0 Å². The first-order chi connectivity index (χ1) is 11.3. The topological polar surface area (TPSA) is 9.23 Å². The van der Waals surface area contributed by atoms with Gasteiger partial charge in [0, 0.05) is 7.11 Å². The van der Waals surface area contributed by atoms with Crippen LogP contribution in [0.15, 0.2) is 91.5 Å². The smallest absolute Gasteiger partial charge is 0.143 e. The second kappa shape index (κ2) is 6.64. The number of hydrogen-bond donors (Lipinski definition) is 0. The molecular formula is C22H20O. The van der Waals surface area contributed by atoms with Crippen molar-refractivity contribution in [3.8, 4) is 0 Å². The van der Waals surface area contributed by atoms with Gasteiger partial charge in [-0.1, -0.05) is 97.6 Å². The van der Waals surface area contributed by atoms with E-state index >= 15 is 0 Å². The van der Waals surface area contributed by atoms with Gasteiger partial charge in [-0.05, 0) is 22.3 Å². The first kappa shape index (κ1) is 15.3. The largest absolute Gasteiger partial charge is 0.364 e. The van der Waals surface area contributed by atoms with Gasteiger partial charge in [-0.2, -0.15) is 0 Å². The molecule has 0 aliphatic carbocycles. The van der Waals surface area contributed by atoms with Crippen LogP contribution in [0.25, 0.3) is 6.08 Å². The van der Waals surface area contributed by atoms with Crippen molar-refractivity contribution in [1.82, 2.24) is 0 Å². The molecule has 1 nitrogen and oxygen atoms in total. The van der Waals surface area contributed by atoms with Crippen molar-refractivity contribution in [3.05, 3.63) is 114 Å². The highest BCUT2D eigenvalue weighted by Gasteiger charge is 2.36. The first-order valence-electron chi connectivity index (χ1n) is 7.70. The highest BCUT2D eigenvalue weighted by Crippen LogP contribution is 2.39. The van der Waals surface area contributed by atoms with E-state index in [2.05, 4.69) is 55.1 Å². The Balaban J connectivity index is 2.26. The SMILES string of the molecule is C=Cc1ccc(C(OC)(c2ccccc2)c2ccccc2)cc1. The van der Waals surface area contributed by atoms with Gasteiger partial charge in [0.05, 0.1) is 0 Å². The zero-order valence-electron chi connectivity index (χ0n) is 13.3. The van der Waals surface area contributed by atoms with Crippen molar-refractivity contribution in [2.75, 3.05) is 7.11 Å². The van der Waals surface area contributed by atoms with E-state index in [4.69, 9.17) is 4.74 Å². The summed E-state index contributed by atoms with van der Waals surface area (Å²) >= 11 is 0. The fraction of sp³-hybridized carbons (Fsp3) is 0.0909.